The minimum Gasteiger partial charge on any atom is -0.359 e. The highest BCUT2D eigenvalue weighted by atomic mass is 32.2. The molecule has 0 spiro atoms. The van der Waals surface area contributed by atoms with Gasteiger partial charge in [0, 0.05) is 31.7 Å². The van der Waals surface area contributed by atoms with Gasteiger partial charge in [-0.3, -0.25) is 9.79 Å². The molecule has 0 aliphatic carbocycles. The number of carbonyl (C=O) groups excluding carboxylic acids is 1. The van der Waals surface area contributed by atoms with Crippen LogP contribution in [0.5, 0.6) is 0 Å². The Morgan fingerprint density at radius 3 is 2.88 bits per heavy atom. The molecule has 0 aromatic carbocycles. The molecule has 98 valence electrons. The Labute approximate surface area is 109 Å². The van der Waals surface area contributed by atoms with E-state index in [2.05, 4.69) is 17.2 Å². The number of hydrogen-bond acceptors (Lipinski definition) is 3. The third-order valence-corrected chi connectivity index (χ3v) is 4.22. The van der Waals surface area contributed by atoms with Crippen molar-refractivity contribution < 1.29 is 4.79 Å². The van der Waals surface area contributed by atoms with Gasteiger partial charge in [-0.05, 0) is 6.42 Å². The maximum atomic E-state index is 11.5. The standard InChI is InChI=1S/C13H24N2OS/c1-3-4-5-6-7-11(10-12(16)14-2)13-15-8-9-17-13/h11H,3-10H2,1-2H3,(H,14,16). The maximum Gasteiger partial charge on any atom is 0.220 e. The van der Waals surface area contributed by atoms with E-state index in [0.29, 0.717) is 12.3 Å². The predicted molar refractivity (Wildman–Crippen MR) is 75.7 cm³/mol. The Hall–Kier alpha value is -0.510. The summed E-state index contributed by atoms with van der Waals surface area (Å²) in [5.74, 6) is 1.59. The van der Waals surface area contributed by atoms with Gasteiger partial charge in [0.25, 0.3) is 0 Å². The number of hydrogen-bond donors (Lipinski definition) is 1. The van der Waals surface area contributed by atoms with Crippen LogP contribution in [0, 0.1) is 5.92 Å². The fraction of sp³-hybridized carbons (Fsp3) is 0.846. The summed E-state index contributed by atoms with van der Waals surface area (Å²) in [5, 5.41) is 3.93. The Bertz CT molecular complexity index is 266. The summed E-state index contributed by atoms with van der Waals surface area (Å²) in [6.07, 6.45) is 6.77. The lowest BCUT2D eigenvalue weighted by Gasteiger charge is -2.15. The highest BCUT2D eigenvalue weighted by molar-refractivity contribution is 8.14. The molecule has 0 bridgehead atoms. The van der Waals surface area contributed by atoms with Gasteiger partial charge in [-0.25, -0.2) is 0 Å². The molecule has 1 N–H and O–H groups in total. The Balaban J connectivity index is 2.38. The third kappa shape index (κ3) is 5.57. The second kappa shape index (κ2) is 8.56. The van der Waals surface area contributed by atoms with E-state index in [0.717, 1.165) is 18.7 Å². The molecule has 1 atom stereocenters. The molecule has 0 saturated carbocycles. The van der Waals surface area contributed by atoms with Crippen molar-refractivity contribution in [3.63, 3.8) is 0 Å². The van der Waals surface area contributed by atoms with Crippen LogP contribution in [0.1, 0.15) is 45.4 Å². The van der Waals surface area contributed by atoms with Gasteiger partial charge in [-0.2, -0.15) is 0 Å². The molecule has 1 unspecified atom stereocenters. The lowest BCUT2D eigenvalue weighted by atomic mass is 9.98. The molecule has 4 heteroatoms. The molecule has 0 aromatic rings. The van der Waals surface area contributed by atoms with E-state index in [9.17, 15) is 4.79 Å². The zero-order valence-electron chi connectivity index (χ0n) is 11.0. The Kier molecular flexibility index (Phi) is 7.33. The van der Waals surface area contributed by atoms with E-state index in [1.807, 2.05) is 11.8 Å². The smallest absolute Gasteiger partial charge is 0.220 e. The van der Waals surface area contributed by atoms with Crippen LogP contribution in [0.15, 0.2) is 4.99 Å². The highest BCUT2D eigenvalue weighted by Crippen LogP contribution is 2.26. The fourth-order valence-electron chi connectivity index (χ4n) is 2.05. The molecule has 1 aliphatic rings. The van der Waals surface area contributed by atoms with Gasteiger partial charge in [0.1, 0.15) is 0 Å². The number of thioether (sulfide) groups is 1. The normalized spacial score (nSPS) is 16.7. The van der Waals surface area contributed by atoms with Gasteiger partial charge in [0.2, 0.25) is 5.91 Å². The number of nitrogens with zero attached hydrogens (tertiary/aromatic N) is 1. The van der Waals surface area contributed by atoms with Gasteiger partial charge in [0.05, 0.1) is 5.04 Å². The first-order valence-electron chi connectivity index (χ1n) is 6.65. The van der Waals surface area contributed by atoms with E-state index < -0.39 is 0 Å². The van der Waals surface area contributed by atoms with E-state index in [4.69, 9.17) is 0 Å². The summed E-state index contributed by atoms with van der Waals surface area (Å²) < 4.78 is 0. The largest absolute Gasteiger partial charge is 0.359 e. The van der Waals surface area contributed by atoms with Gasteiger partial charge in [-0.15, -0.1) is 11.8 Å². The van der Waals surface area contributed by atoms with Crippen LogP contribution in [0.3, 0.4) is 0 Å². The van der Waals surface area contributed by atoms with Gasteiger partial charge >= 0.3 is 0 Å². The van der Waals surface area contributed by atoms with E-state index in [-0.39, 0.29) is 5.91 Å². The zero-order valence-corrected chi connectivity index (χ0v) is 11.8. The van der Waals surface area contributed by atoms with Crippen molar-refractivity contribution in [2.24, 2.45) is 10.9 Å². The van der Waals surface area contributed by atoms with Crippen LogP contribution < -0.4 is 5.32 Å². The number of amides is 1. The lowest BCUT2D eigenvalue weighted by molar-refractivity contribution is -0.121. The van der Waals surface area contributed by atoms with Crippen LogP contribution in [-0.4, -0.2) is 30.3 Å². The summed E-state index contributed by atoms with van der Waals surface area (Å²) in [4.78, 5) is 16.0. The van der Waals surface area contributed by atoms with Crippen LogP contribution in [0.4, 0.5) is 0 Å². The topological polar surface area (TPSA) is 41.5 Å². The van der Waals surface area contributed by atoms with E-state index in [1.54, 1.807) is 7.05 Å². The highest BCUT2D eigenvalue weighted by Gasteiger charge is 2.21. The molecule has 0 aromatic heterocycles. The summed E-state index contributed by atoms with van der Waals surface area (Å²) in [7, 11) is 1.71. The molecule has 0 radical (unpaired) electrons. The van der Waals surface area contributed by atoms with Crippen molar-refractivity contribution in [1.29, 1.82) is 0 Å². The number of aliphatic imine (C=N–C) groups is 1. The molecular formula is C13H24N2OS. The predicted octanol–water partition coefficient (Wildman–Crippen LogP) is 2.85. The number of nitrogens with one attached hydrogen (secondary N) is 1. The SMILES string of the molecule is CCCCCCC(CC(=O)NC)C1=NCCS1. The summed E-state index contributed by atoms with van der Waals surface area (Å²) in [5.41, 5.74) is 0. The molecule has 1 rings (SSSR count). The first kappa shape index (κ1) is 14.6. The van der Waals surface area contributed by atoms with Crippen LogP contribution in [0.25, 0.3) is 0 Å². The molecule has 17 heavy (non-hydrogen) atoms. The molecule has 1 aliphatic heterocycles. The van der Waals surface area contributed by atoms with Crippen molar-refractivity contribution in [1.82, 2.24) is 5.32 Å². The quantitative estimate of drug-likeness (QED) is 0.678. The van der Waals surface area contributed by atoms with Gasteiger partial charge < -0.3 is 5.32 Å². The molecule has 0 fully saturated rings. The van der Waals surface area contributed by atoms with Crippen molar-refractivity contribution in [2.75, 3.05) is 19.3 Å². The van der Waals surface area contributed by atoms with Crippen molar-refractivity contribution >= 4 is 22.7 Å². The van der Waals surface area contributed by atoms with Crippen molar-refractivity contribution in [3.8, 4) is 0 Å². The number of unbranched alkanes of at least 4 members (excludes halogenated alkanes) is 3. The van der Waals surface area contributed by atoms with Gasteiger partial charge in [0.15, 0.2) is 0 Å². The molecule has 0 saturated heterocycles. The molecule has 3 nitrogen and oxygen atoms in total. The second-order valence-electron chi connectivity index (χ2n) is 4.49. The Morgan fingerprint density at radius 1 is 1.47 bits per heavy atom. The molecule has 1 heterocycles. The maximum absolute atomic E-state index is 11.5. The minimum atomic E-state index is 0.140. The monoisotopic (exact) mass is 256 g/mol. The minimum absolute atomic E-state index is 0.140. The average molecular weight is 256 g/mol. The van der Waals surface area contributed by atoms with Crippen LogP contribution >= 0.6 is 11.8 Å². The summed E-state index contributed by atoms with van der Waals surface area (Å²) >= 11 is 1.84. The molecule has 1 amide bonds. The number of rotatable bonds is 8. The summed E-state index contributed by atoms with van der Waals surface area (Å²) in [6, 6.07) is 0. The van der Waals surface area contributed by atoms with E-state index >= 15 is 0 Å². The summed E-state index contributed by atoms with van der Waals surface area (Å²) in [6.45, 7) is 3.15. The first-order valence-corrected chi connectivity index (χ1v) is 7.64. The first-order chi connectivity index (χ1) is 8.27. The van der Waals surface area contributed by atoms with Crippen molar-refractivity contribution in [2.45, 2.75) is 45.4 Å². The van der Waals surface area contributed by atoms with Crippen molar-refractivity contribution in [3.05, 3.63) is 0 Å². The third-order valence-electron chi connectivity index (χ3n) is 3.07. The average Bonchev–Trinajstić information content (AvgIpc) is 2.86. The number of carbonyl (C=O) groups is 1. The lowest BCUT2D eigenvalue weighted by Crippen LogP contribution is -2.24. The molecular weight excluding hydrogens is 232 g/mol. The Morgan fingerprint density at radius 2 is 2.29 bits per heavy atom. The van der Waals surface area contributed by atoms with Crippen LogP contribution in [-0.2, 0) is 4.79 Å². The zero-order chi connectivity index (χ0) is 12.5. The van der Waals surface area contributed by atoms with E-state index in [1.165, 1.54) is 30.7 Å². The van der Waals surface area contributed by atoms with Crippen LogP contribution in [0.2, 0.25) is 0 Å². The van der Waals surface area contributed by atoms with Gasteiger partial charge in [-0.1, -0.05) is 32.6 Å². The fourth-order valence-corrected chi connectivity index (χ4v) is 3.07. The second-order valence-corrected chi connectivity index (χ2v) is 5.61.